The van der Waals surface area contributed by atoms with Crippen LogP contribution in [0.3, 0.4) is 0 Å². The summed E-state index contributed by atoms with van der Waals surface area (Å²) in [5.74, 6) is -1.27. The molecule has 0 amide bonds. The minimum atomic E-state index is -1.48. The zero-order valence-electron chi connectivity index (χ0n) is 5.19. The molecule has 0 aliphatic rings. The van der Waals surface area contributed by atoms with Crippen LogP contribution in [0.15, 0.2) is 10.1 Å². The lowest BCUT2D eigenvalue weighted by Crippen LogP contribution is -2.09. The lowest BCUT2D eigenvalue weighted by Gasteiger charge is -2.00. The van der Waals surface area contributed by atoms with E-state index in [9.17, 15) is 4.79 Å². The molecule has 1 aromatic heterocycles. The summed E-state index contributed by atoms with van der Waals surface area (Å²) in [6.45, 7) is 0. The first-order chi connectivity index (χ1) is 5.13. The highest BCUT2D eigenvalue weighted by molar-refractivity contribution is 9.10. The van der Waals surface area contributed by atoms with Crippen molar-refractivity contribution in [1.82, 2.24) is 4.98 Å². The van der Waals surface area contributed by atoms with Gasteiger partial charge < -0.3 is 10.2 Å². The predicted molar refractivity (Wildman–Crippen MR) is 42.4 cm³/mol. The molecule has 0 saturated carbocycles. The zero-order valence-corrected chi connectivity index (χ0v) is 7.59. The summed E-state index contributed by atoms with van der Waals surface area (Å²) in [6.07, 6.45) is -1.48. The zero-order chi connectivity index (χ0) is 8.43. The summed E-state index contributed by atoms with van der Waals surface area (Å²) < 4.78 is 0.386. The molecule has 0 bridgehead atoms. The maximum atomic E-state index is 10.3. The molecule has 11 heavy (non-hydrogen) atoms. The van der Waals surface area contributed by atoms with Crippen LogP contribution in [0.2, 0.25) is 0 Å². The van der Waals surface area contributed by atoms with Gasteiger partial charge in [-0.1, -0.05) is 0 Å². The molecule has 0 fully saturated rings. The quantitative estimate of drug-likeness (QED) is 0.806. The highest BCUT2D eigenvalue weighted by Gasteiger charge is 2.20. The van der Waals surface area contributed by atoms with Gasteiger partial charge in [0.25, 0.3) is 0 Å². The summed E-state index contributed by atoms with van der Waals surface area (Å²) >= 11 is 4.11. The molecule has 4 nitrogen and oxygen atoms in total. The van der Waals surface area contributed by atoms with Crippen LogP contribution in [0.4, 0.5) is 0 Å². The van der Waals surface area contributed by atoms with Crippen molar-refractivity contribution in [3.8, 4) is 0 Å². The third kappa shape index (κ3) is 1.76. The molecule has 0 aliphatic heterocycles. The normalized spacial score (nSPS) is 12.9. The van der Waals surface area contributed by atoms with Gasteiger partial charge in [-0.25, -0.2) is 9.78 Å². The van der Waals surface area contributed by atoms with Crippen LogP contribution < -0.4 is 0 Å². The third-order valence-electron chi connectivity index (χ3n) is 1.03. The minimum absolute atomic E-state index is 0.317. The molecule has 0 spiro atoms. The van der Waals surface area contributed by atoms with E-state index in [1.807, 2.05) is 0 Å². The average Bonchev–Trinajstić information content (AvgIpc) is 2.33. The van der Waals surface area contributed by atoms with Gasteiger partial charge >= 0.3 is 5.97 Å². The summed E-state index contributed by atoms with van der Waals surface area (Å²) in [5, 5.41) is 17.4. The van der Waals surface area contributed by atoms with E-state index in [4.69, 9.17) is 10.2 Å². The number of carbonyl (C=O) groups is 1. The summed E-state index contributed by atoms with van der Waals surface area (Å²) in [7, 11) is 0. The Labute approximate surface area is 74.6 Å². The molecule has 1 heterocycles. The Morgan fingerprint density at radius 2 is 2.45 bits per heavy atom. The number of aliphatic hydroxyl groups is 1. The number of halogens is 1. The number of carboxylic acid groups (broad SMARTS) is 1. The third-order valence-corrected chi connectivity index (χ3v) is 2.81. The van der Waals surface area contributed by atoms with Crippen molar-refractivity contribution in [2.45, 2.75) is 6.10 Å². The Bertz CT molecular complexity index is 274. The number of thiazole rings is 1. The molecular formula is C5H4BrNO3S. The topological polar surface area (TPSA) is 70.4 Å². The predicted octanol–water partition coefficient (Wildman–Crippen LogP) is 1.02. The van der Waals surface area contributed by atoms with E-state index in [1.165, 1.54) is 5.51 Å². The van der Waals surface area contributed by atoms with E-state index in [0.717, 1.165) is 11.3 Å². The van der Waals surface area contributed by atoms with Gasteiger partial charge in [0.1, 0.15) is 4.60 Å². The second-order valence-corrected chi connectivity index (χ2v) is 3.39. The van der Waals surface area contributed by atoms with Crippen molar-refractivity contribution in [1.29, 1.82) is 0 Å². The number of hydrogen-bond donors (Lipinski definition) is 2. The van der Waals surface area contributed by atoms with Gasteiger partial charge in [0.15, 0.2) is 6.10 Å². The molecule has 2 N–H and O–H groups in total. The number of aliphatic hydroxyl groups excluding tert-OH is 1. The maximum Gasteiger partial charge on any atom is 0.338 e. The Balaban J connectivity index is 2.92. The van der Waals surface area contributed by atoms with Gasteiger partial charge in [-0.05, 0) is 15.9 Å². The van der Waals surface area contributed by atoms with Crippen molar-refractivity contribution in [3.05, 3.63) is 15.0 Å². The van der Waals surface area contributed by atoms with Crippen molar-refractivity contribution in [3.63, 3.8) is 0 Å². The SMILES string of the molecule is O=C(O)C(O)c1scnc1Br. The van der Waals surface area contributed by atoms with Crippen molar-refractivity contribution in [2.75, 3.05) is 0 Å². The van der Waals surface area contributed by atoms with E-state index < -0.39 is 12.1 Å². The van der Waals surface area contributed by atoms with Crippen molar-refractivity contribution < 1.29 is 15.0 Å². The molecule has 6 heteroatoms. The fourth-order valence-corrected chi connectivity index (χ4v) is 1.92. The van der Waals surface area contributed by atoms with Crippen LogP contribution in [0.25, 0.3) is 0 Å². The molecular weight excluding hydrogens is 234 g/mol. The molecule has 0 aromatic carbocycles. The summed E-state index contributed by atoms with van der Waals surface area (Å²) in [6, 6.07) is 0. The molecule has 1 rings (SSSR count). The van der Waals surface area contributed by atoms with Crippen LogP contribution in [0.5, 0.6) is 0 Å². The molecule has 0 radical (unpaired) electrons. The van der Waals surface area contributed by atoms with E-state index in [0.29, 0.717) is 9.48 Å². The van der Waals surface area contributed by atoms with Crippen LogP contribution in [0, 0.1) is 0 Å². The number of rotatable bonds is 2. The van der Waals surface area contributed by atoms with E-state index >= 15 is 0 Å². The number of carboxylic acids is 1. The van der Waals surface area contributed by atoms with Crippen LogP contribution >= 0.6 is 27.3 Å². The first-order valence-electron chi connectivity index (χ1n) is 2.62. The highest BCUT2D eigenvalue weighted by atomic mass is 79.9. The average molecular weight is 238 g/mol. The summed E-state index contributed by atoms with van der Waals surface area (Å²) in [4.78, 5) is 14.3. The van der Waals surface area contributed by atoms with E-state index in [2.05, 4.69) is 20.9 Å². The Kier molecular flexibility index (Phi) is 2.58. The first-order valence-corrected chi connectivity index (χ1v) is 4.30. The maximum absolute atomic E-state index is 10.3. The number of aromatic nitrogens is 1. The fraction of sp³-hybridized carbons (Fsp3) is 0.200. The van der Waals surface area contributed by atoms with Gasteiger partial charge in [-0.2, -0.15) is 0 Å². The molecule has 1 atom stereocenters. The number of nitrogens with zero attached hydrogens (tertiary/aromatic N) is 1. The Morgan fingerprint density at radius 1 is 1.82 bits per heavy atom. The monoisotopic (exact) mass is 237 g/mol. The minimum Gasteiger partial charge on any atom is -0.479 e. The van der Waals surface area contributed by atoms with Gasteiger partial charge in [0.2, 0.25) is 0 Å². The molecule has 60 valence electrons. The largest absolute Gasteiger partial charge is 0.479 e. The fourth-order valence-electron chi connectivity index (χ4n) is 0.531. The number of hydrogen-bond acceptors (Lipinski definition) is 4. The molecule has 1 unspecified atom stereocenters. The number of aliphatic carboxylic acids is 1. The van der Waals surface area contributed by atoms with E-state index in [1.54, 1.807) is 0 Å². The highest BCUT2D eigenvalue weighted by Crippen LogP contribution is 2.26. The van der Waals surface area contributed by atoms with Crippen molar-refractivity contribution in [2.24, 2.45) is 0 Å². The smallest absolute Gasteiger partial charge is 0.338 e. The Morgan fingerprint density at radius 3 is 2.82 bits per heavy atom. The van der Waals surface area contributed by atoms with Gasteiger partial charge in [-0.3, -0.25) is 0 Å². The van der Waals surface area contributed by atoms with Crippen LogP contribution in [0.1, 0.15) is 11.0 Å². The van der Waals surface area contributed by atoms with Gasteiger partial charge in [0.05, 0.1) is 10.4 Å². The Hall–Kier alpha value is -0.460. The lowest BCUT2D eigenvalue weighted by molar-refractivity contribution is -0.146. The molecule has 1 aromatic rings. The lowest BCUT2D eigenvalue weighted by atomic mass is 10.3. The first kappa shape index (κ1) is 8.63. The second kappa shape index (κ2) is 3.29. The van der Waals surface area contributed by atoms with E-state index in [-0.39, 0.29) is 0 Å². The van der Waals surface area contributed by atoms with Gasteiger partial charge in [-0.15, -0.1) is 11.3 Å². The molecule has 0 saturated heterocycles. The van der Waals surface area contributed by atoms with Crippen LogP contribution in [-0.2, 0) is 4.79 Å². The summed E-state index contributed by atoms with van der Waals surface area (Å²) in [5.41, 5.74) is 1.46. The molecule has 0 aliphatic carbocycles. The standard InChI is InChI=1S/C5H4BrNO3S/c6-4-3(11-1-7-4)2(8)5(9)10/h1-2,8H,(H,9,10). The second-order valence-electron chi connectivity index (χ2n) is 1.75. The van der Waals surface area contributed by atoms with Crippen molar-refractivity contribution >= 4 is 33.2 Å². The van der Waals surface area contributed by atoms with Crippen LogP contribution in [-0.4, -0.2) is 21.2 Å². The van der Waals surface area contributed by atoms with Gasteiger partial charge in [0, 0.05) is 0 Å².